The second kappa shape index (κ2) is 8.47. The average Bonchev–Trinajstić information content (AvgIpc) is 2.36. The first-order chi connectivity index (χ1) is 9.43. The summed E-state index contributed by atoms with van der Waals surface area (Å²) in [5, 5.41) is 7.14. The molecule has 2 unspecified atom stereocenters. The van der Waals surface area contributed by atoms with Crippen LogP contribution < -0.4 is 10.6 Å². The van der Waals surface area contributed by atoms with Gasteiger partial charge in [-0.1, -0.05) is 29.3 Å². The lowest BCUT2D eigenvalue weighted by Crippen LogP contribution is -2.41. The Morgan fingerprint density at radius 2 is 2.05 bits per heavy atom. The molecule has 1 rings (SSSR count). The summed E-state index contributed by atoms with van der Waals surface area (Å²) in [5.74, 6) is -0.0773. The highest BCUT2D eigenvalue weighted by molar-refractivity contribution is 6.35. The topological polar surface area (TPSA) is 50.4 Å². The molecule has 4 nitrogen and oxygen atoms in total. The van der Waals surface area contributed by atoms with Gasteiger partial charge in [-0.3, -0.25) is 4.79 Å². The lowest BCUT2D eigenvalue weighted by atomic mass is 10.1. The van der Waals surface area contributed by atoms with Crippen LogP contribution in [0.25, 0.3) is 0 Å². The summed E-state index contributed by atoms with van der Waals surface area (Å²) in [6.07, 6.45) is 0. The van der Waals surface area contributed by atoms with Gasteiger partial charge in [0.05, 0.1) is 13.2 Å². The molecule has 1 amide bonds. The largest absolute Gasteiger partial charge is 0.383 e. The number of rotatable bonds is 7. The number of carbonyl (C=O) groups is 1. The molecule has 0 aliphatic carbocycles. The van der Waals surface area contributed by atoms with E-state index in [9.17, 15) is 4.79 Å². The molecule has 0 spiro atoms. The van der Waals surface area contributed by atoms with Crippen molar-refractivity contribution in [2.45, 2.75) is 25.9 Å². The zero-order valence-electron chi connectivity index (χ0n) is 11.9. The summed E-state index contributed by atoms with van der Waals surface area (Å²) in [5.41, 5.74) is 0.911. The van der Waals surface area contributed by atoms with E-state index in [4.69, 9.17) is 27.9 Å². The third kappa shape index (κ3) is 5.67. The van der Waals surface area contributed by atoms with Gasteiger partial charge in [0.1, 0.15) is 0 Å². The van der Waals surface area contributed by atoms with Crippen molar-refractivity contribution in [1.82, 2.24) is 10.6 Å². The van der Waals surface area contributed by atoms with E-state index in [-0.39, 0.29) is 24.5 Å². The van der Waals surface area contributed by atoms with Crippen molar-refractivity contribution in [2.24, 2.45) is 0 Å². The zero-order chi connectivity index (χ0) is 15.1. The lowest BCUT2D eigenvalue weighted by Gasteiger charge is -2.17. The monoisotopic (exact) mass is 318 g/mol. The first-order valence-corrected chi connectivity index (χ1v) is 7.16. The van der Waals surface area contributed by atoms with E-state index >= 15 is 0 Å². The van der Waals surface area contributed by atoms with Crippen molar-refractivity contribution < 1.29 is 9.53 Å². The highest BCUT2D eigenvalue weighted by Crippen LogP contribution is 2.25. The predicted molar refractivity (Wildman–Crippen MR) is 82.4 cm³/mol. The summed E-state index contributed by atoms with van der Waals surface area (Å²) < 4.78 is 4.96. The predicted octanol–water partition coefficient (Wildman–Crippen LogP) is 2.80. The van der Waals surface area contributed by atoms with Crippen molar-refractivity contribution in [3.05, 3.63) is 33.8 Å². The molecule has 20 heavy (non-hydrogen) atoms. The summed E-state index contributed by atoms with van der Waals surface area (Å²) in [7, 11) is 1.60. The minimum Gasteiger partial charge on any atom is -0.383 e. The molecule has 112 valence electrons. The fourth-order valence-corrected chi connectivity index (χ4v) is 2.40. The van der Waals surface area contributed by atoms with Gasteiger partial charge in [-0.25, -0.2) is 0 Å². The summed E-state index contributed by atoms with van der Waals surface area (Å²) in [6, 6.07) is 5.28. The van der Waals surface area contributed by atoms with Crippen molar-refractivity contribution in [3.8, 4) is 0 Å². The molecule has 0 fully saturated rings. The van der Waals surface area contributed by atoms with E-state index in [1.807, 2.05) is 19.9 Å². The molecule has 2 N–H and O–H groups in total. The molecule has 0 aliphatic rings. The molecule has 6 heteroatoms. The van der Waals surface area contributed by atoms with E-state index in [1.54, 1.807) is 19.2 Å². The summed E-state index contributed by atoms with van der Waals surface area (Å²) in [4.78, 5) is 11.7. The molecular weight excluding hydrogens is 299 g/mol. The van der Waals surface area contributed by atoms with Gasteiger partial charge in [0, 0.05) is 29.2 Å². The molecule has 1 aromatic carbocycles. The van der Waals surface area contributed by atoms with Crippen molar-refractivity contribution in [3.63, 3.8) is 0 Å². The van der Waals surface area contributed by atoms with Crippen LogP contribution in [0.5, 0.6) is 0 Å². The highest BCUT2D eigenvalue weighted by atomic mass is 35.5. The van der Waals surface area contributed by atoms with Crippen LogP contribution in [0.1, 0.15) is 25.5 Å². The number of nitrogens with one attached hydrogen (secondary N) is 2. The average molecular weight is 319 g/mol. The van der Waals surface area contributed by atoms with Crippen LogP contribution in [-0.2, 0) is 9.53 Å². The number of hydrogen-bond acceptors (Lipinski definition) is 3. The van der Waals surface area contributed by atoms with Gasteiger partial charge in [-0.05, 0) is 31.5 Å². The summed E-state index contributed by atoms with van der Waals surface area (Å²) >= 11 is 12.0. The van der Waals surface area contributed by atoms with Crippen molar-refractivity contribution >= 4 is 29.1 Å². The van der Waals surface area contributed by atoms with Crippen LogP contribution in [0.3, 0.4) is 0 Å². The normalized spacial score (nSPS) is 13.8. The molecule has 0 aliphatic heterocycles. The van der Waals surface area contributed by atoms with E-state index in [2.05, 4.69) is 10.6 Å². The maximum atomic E-state index is 11.7. The third-order valence-electron chi connectivity index (χ3n) is 2.82. The van der Waals surface area contributed by atoms with Gasteiger partial charge in [0.2, 0.25) is 5.91 Å². The van der Waals surface area contributed by atoms with Gasteiger partial charge in [0.15, 0.2) is 0 Å². The number of benzene rings is 1. The van der Waals surface area contributed by atoms with E-state index in [0.29, 0.717) is 16.7 Å². The van der Waals surface area contributed by atoms with Crippen LogP contribution >= 0.6 is 23.2 Å². The molecule has 0 bridgehead atoms. The van der Waals surface area contributed by atoms with Crippen LogP contribution in [0.15, 0.2) is 18.2 Å². The van der Waals surface area contributed by atoms with Crippen LogP contribution in [-0.4, -0.2) is 32.2 Å². The number of methoxy groups -OCH3 is 1. The molecule has 0 radical (unpaired) electrons. The molecule has 0 aromatic heterocycles. The minimum absolute atomic E-state index is 0.0104. The Hall–Kier alpha value is -0.810. The van der Waals surface area contributed by atoms with Gasteiger partial charge >= 0.3 is 0 Å². The minimum atomic E-state index is -0.0773. The number of amides is 1. The second-order valence-corrected chi connectivity index (χ2v) is 5.54. The zero-order valence-corrected chi connectivity index (χ0v) is 13.4. The number of ether oxygens (including phenoxy) is 1. The van der Waals surface area contributed by atoms with Gasteiger partial charge in [-0.2, -0.15) is 0 Å². The molecule has 1 aromatic rings. The lowest BCUT2D eigenvalue weighted by molar-refractivity contribution is -0.121. The Labute approximate surface area is 129 Å². The van der Waals surface area contributed by atoms with Crippen molar-refractivity contribution in [1.29, 1.82) is 0 Å². The number of halogens is 2. The Morgan fingerprint density at radius 3 is 2.65 bits per heavy atom. The molecule has 0 saturated heterocycles. The SMILES string of the molecule is COCC(C)NC(=O)CNC(C)c1ccc(Cl)cc1Cl. The Bertz CT molecular complexity index is 455. The quantitative estimate of drug-likeness (QED) is 0.812. The molecule has 2 atom stereocenters. The van der Waals surface area contributed by atoms with Crippen LogP contribution in [0.4, 0.5) is 0 Å². The fraction of sp³-hybridized carbons (Fsp3) is 0.500. The smallest absolute Gasteiger partial charge is 0.234 e. The van der Waals surface area contributed by atoms with Gasteiger partial charge < -0.3 is 15.4 Å². The summed E-state index contributed by atoms with van der Waals surface area (Å²) in [6.45, 7) is 4.54. The maximum absolute atomic E-state index is 11.7. The Morgan fingerprint density at radius 1 is 1.35 bits per heavy atom. The standard InChI is InChI=1S/C14H20Cl2N2O2/c1-9(8-20-3)18-14(19)7-17-10(2)12-5-4-11(15)6-13(12)16/h4-6,9-10,17H,7-8H2,1-3H3,(H,18,19). The number of hydrogen-bond donors (Lipinski definition) is 2. The Kier molecular flexibility index (Phi) is 7.30. The maximum Gasteiger partial charge on any atom is 0.234 e. The van der Waals surface area contributed by atoms with Gasteiger partial charge in [0.25, 0.3) is 0 Å². The van der Waals surface area contributed by atoms with Crippen LogP contribution in [0, 0.1) is 0 Å². The van der Waals surface area contributed by atoms with E-state index in [1.165, 1.54) is 0 Å². The first kappa shape index (κ1) is 17.2. The molecule has 0 saturated carbocycles. The fourth-order valence-electron chi connectivity index (χ4n) is 1.83. The second-order valence-electron chi connectivity index (χ2n) is 4.69. The van der Waals surface area contributed by atoms with Crippen molar-refractivity contribution in [2.75, 3.05) is 20.3 Å². The first-order valence-electron chi connectivity index (χ1n) is 6.40. The third-order valence-corrected chi connectivity index (χ3v) is 3.38. The highest BCUT2D eigenvalue weighted by Gasteiger charge is 2.12. The van der Waals surface area contributed by atoms with E-state index in [0.717, 1.165) is 5.56 Å². The molecular formula is C14H20Cl2N2O2. The van der Waals surface area contributed by atoms with E-state index < -0.39 is 0 Å². The Balaban J connectivity index is 2.46. The van der Waals surface area contributed by atoms with Gasteiger partial charge in [-0.15, -0.1) is 0 Å². The van der Waals surface area contributed by atoms with Crippen LogP contribution in [0.2, 0.25) is 10.0 Å². The number of carbonyl (C=O) groups excluding carboxylic acids is 1. The molecule has 0 heterocycles.